The van der Waals surface area contributed by atoms with E-state index in [0.717, 1.165) is 24.2 Å². The van der Waals surface area contributed by atoms with Crippen molar-refractivity contribution in [1.29, 1.82) is 0 Å². The molecule has 1 amide bonds. The zero-order valence-corrected chi connectivity index (χ0v) is 15.7. The molecule has 0 radical (unpaired) electrons. The summed E-state index contributed by atoms with van der Waals surface area (Å²) in [5, 5.41) is 0. The van der Waals surface area contributed by atoms with Crippen LogP contribution in [0, 0.1) is 0 Å². The molecule has 1 unspecified atom stereocenters. The van der Waals surface area contributed by atoms with E-state index in [-0.39, 0.29) is 24.3 Å². The number of nitrogens with zero attached hydrogens (tertiary/aromatic N) is 1. The predicted octanol–water partition coefficient (Wildman–Crippen LogP) is 3.68. The van der Waals surface area contributed by atoms with Crippen LogP contribution >= 0.6 is 0 Å². The SMILES string of the molecule is CCCOc1ccccc1/C=C/C(=O)N(CCC(=O)OC)C(C)CC. The zero-order valence-electron chi connectivity index (χ0n) is 15.7. The first-order valence-electron chi connectivity index (χ1n) is 8.80. The van der Waals surface area contributed by atoms with E-state index in [1.54, 1.807) is 11.0 Å². The second kappa shape index (κ2) is 11.3. The quantitative estimate of drug-likeness (QED) is 0.478. The molecular weight excluding hydrogens is 318 g/mol. The van der Waals surface area contributed by atoms with Crippen LogP contribution in [-0.4, -0.2) is 43.1 Å². The van der Waals surface area contributed by atoms with Gasteiger partial charge in [0.15, 0.2) is 0 Å². The van der Waals surface area contributed by atoms with Crippen molar-refractivity contribution in [3.63, 3.8) is 0 Å². The normalized spacial score (nSPS) is 12.0. The molecule has 0 bridgehead atoms. The van der Waals surface area contributed by atoms with Crippen LogP contribution in [-0.2, 0) is 14.3 Å². The molecule has 0 saturated carbocycles. The maximum absolute atomic E-state index is 12.6. The van der Waals surface area contributed by atoms with Crippen molar-refractivity contribution in [1.82, 2.24) is 4.90 Å². The number of esters is 1. The molecule has 1 atom stereocenters. The van der Waals surface area contributed by atoms with Crippen LogP contribution in [0.2, 0.25) is 0 Å². The first-order valence-corrected chi connectivity index (χ1v) is 8.80. The molecule has 5 heteroatoms. The lowest BCUT2D eigenvalue weighted by Crippen LogP contribution is -2.38. The fourth-order valence-electron chi connectivity index (χ4n) is 2.30. The number of para-hydroxylation sites is 1. The summed E-state index contributed by atoms with van der Waals surface area (Å²) in [4.78, 5) is 25.7. The van der Waals surface area contributed by atoms with E-state index in [1.165, 1.54) is 13.2 Å². The molecule has 0 N–H and O–H groups in total. The summed E-state index contributed by atoms with van der Waals surface area (Å²) in [6.07, 6.45) is 5.23. The van der Waals surface area contributed by atoms with Crippen LogP contribution in [0.25, 0.3) is 6.08 Å². The largest absolute Gasteiger partial charge is 0.493 e. The number of carbonyl (C=O) groups is 2. The van der Waals surface area contributed by atoms with E-state index in [0.29, 0.717) is 13.2 Å². The Morgan fingerprint density at radius 2 is 1.96 bits per heavy atom. The van der Waals surface area contributed by atoms with Crippen molar-refractivity contribution in [3.05, 3.63) is 35.9 Å². The lowest BCUT2D eigenvalue weighted by molar-refractivity contribution is -0.141. The number of amides is 1. The topological polar surface area (TPSA) is 55.8 Å². The third kappa shape index (κ3) is 6.99. The first-order chi connectivity index (χ1) is 12.0. The lowest BCUT2D eigenvalue weighted by Gasteiger charge is -2.27. The Morgan fingerprint density at radius 3 is 2.60 bits per heavy atom. The average Bonchev–Trinajstić information content (AvgIpc) is 2.64. The van der Waals surface area contributed by atoms with Gasteiger partial charge in [0.1, 0.15) is 5.75 Å². The number of methoxy groups -OCH3 is 1. The average molecular weight is 347 g/mol. The monoisotopic (exact) mass is 347 g/mol. The smallest absolute Gasteiger partial charge is 0.307 e. The minimum Gasteiger partial charge on any atom is -0.493 e. The summed E-state index contributed by atoms with van der Waals surface area (Å²) in [5.41, 5.74) is 0.862. The van der Waals surface area contributed by atoms with E-state index in [2.05, 4.69) is 4.74 Å². The molecule has 138 valence electrons. The van der Waals surface area contributed by atoms with Gasteiger partial charge in [0, 0.05) is 24.2 Å². The summed E-state index contributed by atoms with van der Waals surface area (Å²) in [6.45, 7) is 7.02. The number of carbonyl (C=O) groups excluding carboxylic acids is 2. The second-order valence-corrected chi connectivity index (χ2v) is 5.83. The molecule has 0 saturated heterocycles. The molecule has 0 fully saturated rings. The number of ether oxygens (including phenoxy) is 2. The fraction of sp³-hybridized carbons (Fsp3) is 0.500. The second-order valence-electron chi connectivity index (χ2n) is 5.83. The Balaban J connectivity index is 2.84. The Morgan fingerprint density at radius 1 is 1.24 bits per heavy atom. The van der Waals surface area contributed by atoms with Gasteiger partial charge in [-0.3, -0.25) is 9.59 Å². The van der Waals surface area contributed by atoms with Crippen molar-refractivity contribution >= 4 is 18.0 Å². The van der Waals surface area contributed by atoms with Crippen molar-refractivity contribution in [2.75, 3.05) is 20.3 Å². The molecule has 0 aliphatic rings. The molecule has 5 nitrogen and oxygen atoms in total. The Bertz CT molecular complexity index is 583. The van der Waals surface area contributed by atoms with Crippen molar-refractivity contribution in [3.8, 4) is 5.75 Å². The molecular formula is C20H29NO4. The number of benzene rings is 1. The standard InChI is InChI=1S/C20H29NO4/c1-5-15-25-18-10-8-7-9-17(18)11-12-19(22)21(16(3)6-2)14-13-20(23)24-4/h7-12,16H,5-6,13-15H2,1-4H3/b12-11+. The van der Waals surface area contributed by atoms with Gasteiger partial charge in [0.2, 0.25) is 5.91 Å². The van der Waals surface area contributed by atoms with Gasteiger partial charge in [-0.1, -0.05) is 32.0 Å². The zero-order chi connectivity index (χ0) is 18.7. The molecule has 0 aliphatic carbocycles. The highest BCUT2D eigenvalue weighted by Gasteiger charge is 2.18. The van der Waals surface area contributed by atoms with Gasteiger partial charge in [-0.15, -0.1) is 0 Å². The van der Waals surface area contributed by atoms with Crippen molar-refractivity contribution in [2.45, 2.75) is 46.1 Å². The highest BCUT2D eigenvalue weighted by Crippen LogP contribution is 2.20. The van der Waals surface area contributed by atoms with Crippen LogP contribution in [0.1, 0.15) is 45.6 Å². The number of hydrogen-bond acceptors (Lipinski definition) is 4. The van der Waals surface area contributed by atoms with Crippen molar-refractivity contribution in [2.24, 2.45) is 0 Å². The highest BCUT2D eigenvalue weighted by atomic mass is 16.5. The van der Waals surface area contributed by atoms with E-state index in [9.17, 15) is 9.59 Å². The van der Waals surface area contributed by atoms with Gasteiger partial charge < -0.3 is 14.4 Å². The molecule has 1 rings (SSSR count). The molecule has 0 spiro atoms. The van der Waals surface area contributed by atoms with Gasteiger partial charge in [-0.25, -0.2) is 0 Å². The summed E-state index contributed by atoms with van der Waals surface area (Å²) in [7, 11) is 1.35. The van der Waals surface area contributed by atoms with Crippen LogP contribution in [0.5, 0.6) is 5.75 Å². The van der Waals surface area contributed by atoms with Crippen LogP contribution in [0.15, 0.2) is 30.3 Å². The number of rotatable bonds is 10. The summed E-state index contributed by atoms with van der Waals surface area (Å²) in [5.74, 6) is 0.324. The van der Waals surface area contributed by atoms with Gasteiger partial charge >= 0.3 is 5.97 Å². The predicted molar refractivity (Wildman–Crippen MR) is 99.4 cm³/mol. The van der Waals surface area contributed by atoms with Gasteiger partial charge in [0.25, 0.3) is 0 Å². The Hall–Kier alpha value is -2.30. The van der Waals surface area contributed by atoms with Gasteiger partial charge in [-0.05, 0) is 31.9 Å². The van der Waals surface area contributed by atoms with Gasteiger partial charge in [0.05, 0.1) is 20.1 Å². The Kier molecular flexibility index (Phi) is 9.37. The molecule has 1 aromatic carbocycles. The van der Waals surface area contributed by atoms with E-state index < -0.39 is 0 Å². The Labute approximate surface area is 150 Å². The minimum absolute atomic E-state index is 0.0494. The lowest BCUT2D eigenvalue weighted by atomic mass is 10.1. The summed E-state index contributed by atoms with van der Waals surface area (Å²) >= 11 is 0. The highest BCUT2D eigenvalue weighted by molar-refractivity contribution is 5.92. The first kappa shape index (κ1) is 20.7. The molecule has 25 heavy (non-hydrogen) atoms. The van der Waals surface area contributed by atoms with Gasteiger partial charge in [-0.2, -0.15) is 0 Å². The maximum atomic E-state index is 12.6. The minimum atomic E-state index is -0.316. The summed E-state index contributed by atoms with van der Waals surface area (Å²) in [6, 6.07) is 7.67. The molecule has 1 aromatic rings. The van der Waals surface area contributed by atoms with E-state index in [4.69, 9.17) is 4.74 Å². The van der Waals surface area contributed by atoms with E-state index in [1.807, 2.05) is 45.0 Å². The van der Waals surface area contributed by atoms with Crippen LogP contribution < -0.4 is 4.74 Å². The molecule has 0 aromatic heterocycles. The third-order valence-corrected chi connectivity index (χ3v) is 3.98. The molecule has 0 heterocycles. The molecule has 0 aliphatic heterocycles. The third-order valence-electron chi connectivity index (χ3n) is 3.98. The van der Waals surface area contributed by atoms with E-state index >= 15 is 0 Å². The fourth-order valence-corrected chi connectivity index (χ4v) is 2.30. The number of hydrogen-bond donors (Lipinski definition) is 0. The summed E-state index contributed by atoms with van der Waals surface area (Å²) < 4.78 is 10.4. The maximum Gasteiger partial charge on any atom is 0.307 e. The van der Waals surface area contributed by atoms with Crippen molar-refractivity contribution < 1.29 is 19.1 Å². The van der Waals surface area contributed by atoms with Crippen LogP contribution in [0.3, 0.4) is 0 Å². The van der Waals surface area contributed by atoms with Crippen LogP contribution in [0.4, 0.5) is 0 Å².